The topological polar surface area (TPSA) is 51.4 Å². The minimum atomic E-state index is -0.0110. The van der Waals surface area contributed by atoms with Crippen LogP contribution in [-0.2, 0) is 4.74 Å². The average molecular weight is 223 g/mol. The van der Waals surface area contributed by atoms with Gasteiger partial charge >= 0.3 is 0 Å². The third kappa shape index (κ3) is 3.47. The van der Waals surface area contributed by atoms with Crippen molar-refractivity contribution in [1.29, 1.82) is 0 Å². The maximum Gasteiger partial charge on any atom is 0.0637 e. The van der Waals surface area contributed by atoms with Crippen molar-refractivity contribution in [2.45, 2.75) is 19.9 Å². The molecular formula is C12H21N3O. The van der Waals surface area contributed by atoms with Gasteiger partial charge < -0.3 is 15.4 Å². The average Bonchev–Trinajstić information content (AvgIpc) is 2.30. The monoisotopic (exact) mass is 223 g/mol. The van der Waals surface area contributed by atoms with Crippen LogP contribution >= 0.6 is 0 Å². The minimum Gasteiger partial charge on any atom is -0.383 e. The fourth-order valence-electron chi connectivity index (χ4n) is 1.53. The molecule has 1 rings (SSSR count). The lowest BCUT2D eigenvalue weighted by Gasteiger charge is -2.22. The van der Waals surface area contributed by atoms with E-state index in [1.807, 2.05) is 19.2 Å². The van der Waals surface area contributed by atoms with E-state index in [-0.39, 0.29) is 6.04 Å². The number of aromatic nitrogens is 1. The zero-order chi connectivity index (χ0) is 12.0. The van der Waals surface area contributed by atoms with Crippen molar-refractivity contribution in [3.05, 3.63) is 24.0 Å². The Kier molecular flexibility index (Phi) is 5.22. The van der Waals surface area contributed by atoms with Crippen molar-refractivity contribution < 1.29 is 4.74 Å². The van der Waals surface area contributed by atoms with Gasteiger partial charge in [0.2, 0.25) is 0 Å². The van der Waals surface area contributed by atoms with E-state index in [2.05, 4.69) is 22.9 Å². The number of ether oxygens (including phenoxy) is 1. The molecule has 0 fully saturated rings. The number of pyridine rings is 1. The second kappa shape index (κ2) is 6.45. The molecule has 1 heterocycles. The summed E-state index contributed by atoms with van der Waals surface area (Å²) < 4.78 is 5.08. The molecule has 0 aromatic carbocycles. The molecule has 4 heteroatoms. The Morgan fingerprint density at radius 1 is 1.50 bits per heavy atom. The van der Waals surface area contributed by atoms with Gasteiger partial charge in [-0.1, -0.05) is 0 Å². The highest BCUT2D eigenvalue weighted by Crippen LogP contribution is 2.14. The van der Waals surface area contributed by atoms with Gasteiger partial charge in [0.05, 0.1) is 24.2 Å². The summed E-state index contributed by atoms with van der Waals surface area (Å²) in [4.78, 5) is 6.57. The molecular weight excluding hydrogens is 202 g/mol. The van der Waals surface area contributed by atoms with Crippen LogP contribution in [0, 0.1) is 0 Å². The van der Waals surface area contributed by atoms with Crippen molar-refractivity contribution in [3.63, 3.8) is 0 Å². The van der Waals surface area contributed by atoms with Crippen LogP contribution in [0.4, 0.5) is 5.69 Å². The Bertz CT molecular complexity index is 298. The summed E-state index contributed by atoms with van der Waals surface area (Å²) in [6, 6.07) is 4.03. The lowest BCUT2D eigenvalue weighted by Crippen LogP contribution is -2.27. The third-order valence-corrected chi connectivity index (χ3v) is 2.55. The number of nitrogens with two attached hydrogens (primary N) is 1. The highest BCUT2D eigenvalue weighted by Gasteiger charge is 2.05. The van der Waals surface area contributed by atoms with E-state index in [4.69, 9.17) is 10.5 Å². The Balaban J connectivity index is 2.70. The molecule has 1 aromatic heterocycles. The lowest BCUT2D eigenvalue weighted by atomic mass is 10.2. The molecule has 0 aliphatic carbocycles. The maximum absolute atomic E-state index is 5.76. The maximum atomic E-state index is 5.76. The largest absolute Gasteiger partial charge is 0.383 e. The Morgan fingerprint density at radius 3 is 2.69 bits per heavy atom. The summed E-state index contributed by atoms with van der Waals surface area (Å²) in [6.07, 6.45) is 1.87. The van der Waals surface area contributed by atoms with Gasteiger partial charge in [-0.3, -0.25) is 4.98 Å². The summed E-state index contributed by atoms with van der Waals surface area (Å²) in [6.45, 7) is 6.61. The van der Waals surface area contributed by atoms with Gasteiger partial charge in [0.15, 0.2) is 0 Å². The number of hydrogen-bond acceptors (Lipinski definition) is 4. The fourth-order valence-corrected chi connectivity index (χ4v) is 1.53. The third-order valence-electron chi connectivity index (χ3n) is 2.55. The minimum absolute atomic E-state index is 0.0110. The Hall–Kier alpha value is -1.13. The molecule has 0 amide bonds. The van der Waals surface area contributed by atoms with Crippen molar-refractivity contribution >= 4 is 5.69 Å². The first-order valence-corrected chi connectivity index (χ1v) is 5.64. The zero-order valence-electron chi connectivity index (χ0n) is 10.3. The van der Waals surface area contributed by atoms with E-state index in [1.165, 1.54) is 0 Å². The van der Waals surface area contributed by atoms with Gasteiger partial charge in [-0.2, -0.15) is 0 Å². The van der Waals surface area contributed by atoms with Gasteiger partial charge in [0.25, 0.3) is 0 Å². The molecule has 1 aromatic rings. The summed E-state index contributed by atoms with van der Waals surface area (Å²) in [5, 5.41) is 0. The molecule has 0 radical (unpaired) electrons. The van der Waals surface area contributed by atoms with Crippen LogP contribution in [-0.4, -0.2) is 31.8 Å². The summed E-state index contributed by atoms with van der Waals surface area (Å²) in [5.41, 5.74) is 7.79. The molecule has 0 spiro atoms. The summed E-state index contributed by atoms with van der Waals surface area (Å²) in [7, 11) is 1.71. The van der Waals surface area contributed by atoms with E-state index in [9.17, 15) is 0 Å². The van der Waals surface area contributed by atoms with Crippen molar-refractivity contribution in [2.75, 3.05) is 31.7 Å². The van der Waals surface area contributed by atoms with Crippen LogP contribution in [0.5, 0.6) is 0 Å². The summed E-state index contributed by atoms with van der Waals surface area (Å²) >= 11 is 0. The number of methoxy groups -OCH3 is 1. The molecule has 0 unspecified atom stereocenters. The van der Waals surface area contributed by atoms with Crippen LogP contribution < -0.4 is 10.6 Å². The highest BCUT2D eigenvalue weighted by atomic mass is 16.5. The molecule has 1 atom stereocenters. The van der Waals surface area contributed by atoms with Gasteiger partial charge in [0.1, 0.15) is 0 Å². The number of anilines is 1. The highest BCUT2D eigenvalue weighted by molar-refractivity contribution is 5.44. The van der Waals surface area contributed by atoms with Crippen molar-refractivity contribution in [3.8, 4) is 0 Å². The number of rotatable bonds is 6. The number of nitrogens with zero attached hydrogens (tertiary/aromatic N) is 2. The number of likely N-dealkylation sites (N-methyl/N-ethyl adjacent to an activating group) is 1. The molecule has 0 aliphatic heterocycles. The molecule has 16 heavy (non-hydrogen) atoms. The molecule has 0 saturated heterocycles. The van der Waals surface area contributed by atoms with Gasteiger partial charge in [-0.15, -0.1) is 0 Å². The predicted molar refractivity (Wildman–Crippen MR) is 66.6 cm³/mol. The van der Waals surface area contributed by atoms with Gasteiger partial charge in [-0.25, -0.2) is 0 Å². The smallest absolute Gasteiger partial charge is 0.0637 e. The molecule has 0 aliphatic rings. The second-order valence-corrected chi connectivity index (χ2v) is 3.80. The van der Waals surface area contributed by atoms with E-state index in [0.29, 0.717) is 0 Å². The predicted octanol–water partition coefficient (Wildman–Crippen LogP) is 1.57. The van der Waals surface area contributed by atoms with E-state index in [1.54, 1.807) is 7.11 Å². The molecule has 0 saturated carbocycles. The van der Waals surface area contributed by atoms with E-state index >= 15 is 0 Å². The van der Waals surface area contributed by atoms with Crippen molar-refractivity contribution in [1.82, 2.24) is 4.98 Å². The second-order valence-electron chi connectivity index (χ2n) is 3.80. The van der Waals surface area contributed by atoms with E-state index in [0.717, 1.165) is 31.1 Å². The lowest BCUT2D eigenvalue weighted by molar-refractivity contribution is 0.205. The molecule has 90 valence electrons. The van der Waals surface area contributed by atoms with Crippen molar-refractivity contribution in [2.24, 2.45) is 5.73 Å². The first-order chi connectivity index (χ1) is 7.69. The Labute approximate surface area is 97.4 Å². The molecule has 4 nitrogen and oxygen atoms in total. The van der Waals surface area contributed by atoms with Gasteiger partial charge in [0, 0.05) is 26.2 Å². The van der Waals surface area contributed by atoms with Gasteiger partial charge in [-0.05, 0) is 26.0 Å². The van der Waals surface area contributed by atoms with Crippen LogP contribution in [0.15, 0.2) is 18.3 Å². The first kappa shape index (κ1) is 12.9. The molecule has 0 bridgehead atoms. The number of hydrogen-bond donors (Lipinski definition) is 1. The standard InChI is InChI=1S/C12H21N3O/c1-4-15(7-8-16-3)11-5-6-12(10(2)13)14-9-11/h5-6,9-10H,4,7-8,13H2,1-3H3/t10-/m1/s1. The SMILES string of the molecule is CCN(CCOC)c1ccc([C@@H](C)N)nc1. The Morgan fingerprint density at radius 2 is 2.25 bits per heavy atom. The first-order valence-electron chi connectivity index (χ1n) is 5.64. The van der Waals surface area contributed by atoms with Crippen LogP contribution in [0.3, 0.4) is 0 Å². The fraction of sp³-hybridized carbons (Fsp3) is 0.583. The van der Waals surface area contributed by atoms with Crippen LogP contribution in [0.25, 0.3) is 0 Å². The quantitative estimate of drug-likeness (QED) is 0.795. The molecule has 2 N–H and O–H groups in total. The van der Waals surface area contributed by atoms with Crippen LogP contribution in [0.2, 0.25) is 0 Å². The normalized spacial score (nSPS) is 12.5. The van der Waals surface area contributed by atoms with Crippen LogP contribution in [0.1, 0.15) is 25.6 Å². The summed E-state index contributed by atoms with van der Waals surface area (Å²) in [5.74, 6) is 0. The van der Waals surface area contributed by atoms with E-state index < -0.39 is 0 Å². The zero-order valence-corrected chi connectivity index (χ0v) is 10.3.